The summed E-state index contributed by atoms with van der Waals surface area (Å²) < 4.78 is 0. The van der Waals surface area contributed by atoms with E-state index in [1.807, 2.05) is 30.8 Å². The maximum atomic E-state index is 5.86. The van der Waals surface area contributed by atoms with E-state index in [2.05, 4.69) is 36.4 Å². The highest BCUT2D eigenvalue weighted by atomic mass is 35.5. The summed E-state index contributed by atoms with van der Waals surface area (Å²) in [6.45, 7) is 2.00. The van der Waals surface area contributed by atoms with Crippen LogP contribution < -0.4 is 5.73 Å². The van der Waals surface area contributed by atoms with E-state index in [1.165, 1.54) is 16.0 Å². The van der Waals surface area contributed by atoms with Crippen molar-refractivity contribution in [2.24, 2.45) is 5.73 Å². The Morgan fingerprint density at radius 1 is 1.06 bits per heavy atom. The average molecular weight is 278 g/mol. The maximum absolute atomic E-state index is 5.86. The molecule has 1 nitrogen and oxygen atoms in total. The molecule has 0 aliphatic rings. The molecule has 1 atom stereocenters. The first-order valence-corrected chi connectivity index (χ1v) is 7.24. The molecule has 0 fully saturated rings. The van der Waals surface area contributed by atoms with E-state index in [-0.39, 0.29) is 6.04 Å². The second-order valence-electron chi connectivity index (χ2n) is 4.27. The van der Waals surface area contributed by atoms with Crippen molar-refractivity contribution in [2.75, 3.05) is 0 Å². The normalized spacial score (nSPS) is 12.4. The topological polar surface area (TPSA) is 26.0 Å². The van der Waals surface area contributed by atoms with Gasteiger partial charge in [-0.3, -0.25) is 0 Å². The summed E-state index contributed by atoms with van der Waals surface area (Å²) in [7, 11) is 0. The van der Waals surface area contributed by atoms with Gasteiger partial charge >= 0.3 is 0 Å². The van der Waals surface area contributed by atoms with E-state index in [0.717, 1.165) is 10.8 Å². The van der Waals surface area contributed by atoms with E-state index in [0.29, 0.717) is 0 Å². The molecule has 0 radical (unpaired) electrons. The minimum absolute atomic E-state index is 0.0975. The molecule has 0 aromatic heterocycles. The van der Waals surface area contributed by atoms with Crippen molar-refractivity contribution in [2.45, 2.75) is 23.6 Å². The van der Waals surface area contributed by atoms with Gasteiger partial charge in [0.2, 0.25) is 0 Å². The van der Waals surface area contributed by atoms with Crippen molar-refractivity contribution < 1.29 is 0 Å². The molecule has 2 rings (SSSR count). The third kappa shape index (κ3) is 3.77. The van der Waals surface area contributed by atoms with Gasteiger partial charge < -0.3 is 5.73 Å². The monoisotopic (exact) mass is 277 g/mol. The van der Waals surface area contributed by atoms with Gasteiger partial charge in [-0.15, -0.1) is 11.8 Å². The lowest BCUT2D eigenvalue weighted by atomic mass is 10.1. The van der Waals surface area contributed by atoms with Crippen LogP contribution in [0.25, 0.3) is 0 Å². The Labute approximate surface area is 117 Å². The summed E-state index contributed by atoms with van der Waals surface area (Å²) in [5.74, 6) is 0.953. The molecular weight excluding hydrogens is 262 g/mol. The standard InChI is InChI=1S/C15H16ClNS/c1-11(17)13-4-8-15(9-5-13)18-10-12-2-6-14(16)7-3-12/h2-9,11H,10,17H2,1H3/t11-/m0/s1. The fourth-order valence-electron chi connectivity index (χ4n) is 1.61. The molecular formula is C15H16ClNS. The molecule has 0 unspecified atom stereocenters. The van der Waals surface area contributed by atoms with Crippen molar-refractivity contribution in [1.82, 2.24) is 0 Å². The summed E-state index contributed by atoms with van der Waals surface area (Å²) >= 11 is 7.67. The molecule has 18 heavy (non-hydrogen) atoms. The highest BCUT2D eigenvalue weighted by molar-refractivity contribution is 7.98. The third-order valence-electron chi connectivity index (χ3n) is 2.72. The van der Waals surface area contributed by atoms with E-state index in [1.54, 1.807) is 0 Å². The molecule has 3 heteroatoms. The van der Waals surface area contributed by atoms with Crippen molar-refractivity contribution in [3.63, 3.8) is 0 Å². The van der Waals surface area contributed by atoms with Crippen molar-refractivity contribution in [1.29, 1.82) is 0 Å². The SMILES string of the molecule is C[C@H](N)c1ccc(SCc2ccc(Cl)cc2)cc1. The van der Waals surface area contributed by atoms with Crippen LogP contribution in [-0.2, 0) is 5.75 Å². The molecule has 2 aromatic rings. The van der Waals surface area contributed by atoms with Crippen LogP contribution in [0.5, 0.6) is 0 Å². The third-order valence-corrected chi connectivity index (χ3v) is 4.06. The first-order valence-electron chi connectivity index (χ1n) is 5.88. The highest BCUT2D eigenvalue weighted by Crippen LogP contribution is 2.24. The predicted octanol–water partition coefficient (Wildman–Crippen LogP) is 4.65. The lowest BCUT2D eigenvalue weighted by Crippen LogP contribution is -2.04. The predicted molar refractivity (Wildman–Crippen MR) is 80.1 cm³/mol. The molecule has 0 bridgehead atoms. The van der Waals surface area contributed by atoms with E-state index < -0.39 is 0 Å². The van der Waals surface area contributed by atoms with Crippen molar-refractivity contribution in [3.05, 3.63) is 64.7 Å². The quantitative estimate of drug-likeness (QED) is 0.823. The first-order chi connectivity index (χ1) is 8.65. The van der Waals surface area contributed by atoms with Crippen LogP contribution >= 0.6 is 23.4 Å². The largest absolute Gasteiger partial charge is 0.324 e. The fourth-order valence-corrected chi connectivity index (χ4v) is 2.60. The molecule has 0 amide bonds. The number of thioether (sulfide) groups is 1. The molecule has 94 valence electrons. The van der Waals surface area contributed by atoms with Crippen LogP contribution in [-0.4, -0.2) is 0 Å². The maximum Gasteiger partial charge on any atom is 0.0406 e. The lowest BCUT2D eigenvalue weighted by molar-refractivity contribution is 0.817. The zero-order chi connectivity index (χ0) is 13.0. The minimum atomic E-state index is 0.0975. The Bertz CT molecular complexity index is 491. The molecule has 2 N–H and O–H groups in total. The molecule has 0 aliphatic heterocycles. The number of hydrogen-bond acceptors (Lipinski definition) is 2. The van der Waals surface area contributed by atoms with Crippen molar-refractivity contribution >= 4 is 23.4 Å². The van der Waals surface area contributed by atoms with E-state index >= 15 is 0 Å². The van der Waals surface area contributed by atoms with Gasteiger partial charge in [-0.2, -0.15) is 0 Å². The van der Waals surface area contributed by atoms with Crippen LogP contribution in [0.4, 0.5) is 0 Å². The van der Waals surface area contributed by atoms with Gasteiger partial charge in [0.15, 0.2) is 0 Å². The van der Waals surface area contributed by atoms with Gasteiger partial charge in [0.1, 0.15) is 0 Å². The average Bonchev–Trinajstić information content (AvgIpc) is 2.38. The molecule has 2 aromatic carbocycles. The Kier molecular flexibility index (Phi) is 4.70. The van der Waals surface area contributed by atoms with Gasteiger partial charge in [0, 0.05) is 21.7 Å². The van der Waals surface area contributed by atoms with Crippen LogP contribution in [0, 0.1) is 0 Å². The fraction of sp³-hybridized carbons (Fsp3) is 0.200. The van der Waals surface area contributed by atoms with Gasteiger partial charge in [-0.1, -0.05) is 35.9 Å². The summed E-state index contributed by atoms with van der Waals surface area (Å²) in [6.07, 6.45) is 0. The van der Waals surface area contributed by atoms with Crippen LogP contribution in [0.15, 0.2) is 53.4 Å². The van der Waals surface area contributed by atoms with Gasteiger partial charge in [0.25, 0.3) is 0 Å². The number of benzene rings is 2. The zero-order valence-corrected chi connectivity index (χ0v) is 11.8. The number of nitrogens with two attached hydrogens (primary N) is 1. The Morgan fingerprint density at radius 2 is 1.67 bits per heavy atom. The van der Waals surface area contributed by atoms with E-state index in [4.69, 9.17) is 17.3 Å². The lowest BCUT2D eigenvalue weighted by Gasteiger charge is -2.07. The van der Waals surface area contributed by atoms with Gasteiger partial charge in [-0.05, 0) is 42.3 Å². The smallest absolute Gasteiger partial charge is 0.0406 e. The molecule has 0 heterocycles. The van der Waals surface area contributed by atoms with Gasteiger partial charge in [-0.25, -0.2) is 0 Å². The first kappa shape index (κ1) is 13.5. The summed E-state index contributed by atoms with van der Waals surface area (Å²) in [4.78, 5) is 1.26. The van der Waals surface area contributed by atoms with Gasteiger partial charge in [0.05, 0.1) is 0 Å². The number of halogens is 1. The van der Waals surface area contributed by atoms with Crippen LogP contribution in [0.3, 0.4) is 0 Å². The van der Waals surface area contributed by atoms with E-state index in [9.17, 15) is 0 Å². The number of rotatable bonds is 4. The Balaban J connectivity index is 1.95. The Morgan fingerprint density at radius 3 is 2.22 bits per heavy atom. The van der Waals surface area contributed by atoms with Crippen LogP contribution in [0.1, 0.15) is 24.1 Å². The minimum Gasteiger partial charge on any atom is -0.324 e. The molecule has 0 aliphatic carbocycles. The summed E-state index contributed by atoms with van der Waals surface area (Å²) in [5, 5.41) is 0.782. The summed E-state index contributed by atoms with van der Waals surface area (Å²) in [5.41, 5.74) is 8.27. The Hall–Kier alpha value is -0.960. The van der Waals surface area contributed by atoms with Crippen molar-refractivity contribution in [3.8, 4) is 0 Å². The molecule has 0 spiro atoms. The second-order valence-corrected chi connectivity index (χ2v) is 5.76. The number of hydrogen-bond donors (Lipinski definition) is 1. The molecule has 0 saturated carbocycles. The second kappa shape index (κ2) is 6.28. The van der Waals surface area contributed by atoms with Crippen LogP contribution in [0.2, 0.25) is 5.02 Å². The highest BCUT2D eigenvalue weighted by Gasteiger charge is 2.00. The molecule has 0 saturated heterocycles. The zero-order valence-electron chi connectivity index (χ0n) is 10.3. The summed E-state index contributed by atoms with van der Waals surface area (Å²) in [6, 6.07) is 16.5.